The Labute approximate surface area is 108 Å². The van der Waals surface area contributed by atoms with Gasteiger partial charge in [0.25, 0.3) is 0 Å². The number of benzene rings is 1. The number of ketones is 1. The smallest absolute Gasteiger partial charge is 0.165 e. The molecule has 0 heterocycles. The first-order valence-electron chi connectivity index (χ1n) is 6.52. The molecule has 1 atom stereocenters. The fourth-order valence-electron chi connectivity index (χ4n) is 3.22. The summed E-state index contributed by atoms with van der Waals surface area (Å²) >= 11 is 0. The number of hydrogen-bond donors (Lipinski definition) is 0. The molecule has 0 radical (unpaired) electrons. The molecule has 0 aromatic heterocycles. The van der Waals surface area contributed by atoms with Crippen molar-refractivity contribution in [3.8, 4) is 0 Å². The Morgan fingerprint density at radius 1 is 1.06 bits per heavy atom. The summed E-state index contributed by atoms with van der Waals surface area (Å²) in [4.78, 5) is 12.3. The molecule has 2 aliphatic carbocycles. The van der Waals surface area contributed by atoms with E-state index in [0.29, 0.717) is 0 Å². The van der Waals surface area contributed by atoms with Gasteiger partial charge in [-0.15, -0.1) is 0 Å². The second-order valence-electron chi connectivity index (χ2n) is 6.23. The van der Waals surface area contributed by atoms with E-state index in [1.54, 1.807) is 6.08 Å². The van der Waals surface area contributed by atoms with Crippen LogP contribution in [-0.4, -0.2) is 5.78 Å². The monoisotopic (exact) mass is 238 g/mol. The van der Waals surface area contributed by atoms with Crippen LogP contribution in [0.25, 0.3) is 6.08 Å². The highest BCUT2D eigenvalue weighted by atomic mass is 16.1. The molecule has 0 amide bonds. The molecule has 0 fully saturated rings. The van der Waals surface area contributed by atoms with Crippen LogP contribution >= 0.6 is 0 Å². The lowest BCUT2D eigenvalue weighted by Gasteiger charge is -2.40. The Kier molecular flexibility index (Phi) is 2.34. The van der Waals surface area contributed by atoms with Crippen LogP contribution in [0.1, 0.15) is 31.4 Å². The maximum atomic E-state index is 12.3. The van der Waals surface area contributed by atoms with Gasteiger partial charge in [0.1, 0.15) is 0 Å². The molecule has 1 nitrogen and oxygen atoms in total. The minimum Gasteiger partial charge on any atom is -0.294 e. The van der Waals surface area contributed by atoms with E-state index in [1.807, 2.05) is 6.07 Å². The number of rotatable bonds is 0. The average molecular weight is 238 g/mol. The molecule has 0 N–H and O–H groups in total. The maximum Gasteiger partial charge on any atom is 0.165 e. The zero-order valence-electron chi connectivity index (χ0n) is 10.9. The van der Waals surface area contributed by atoms with Gasteiger partial charge in [0.15, 0.2) is 5.78 Å². The molecule has 92 valence electrons. The van der Waals surface area contributed by atoms with Crippen molar-refractivity contribution < 1.29 is 4.79 Å². The van der Waals surface area contributed by atoms with E-state index < -0.39 is 0 Å². The van der Waals surface area contributed by atoms with Crippen molar-refractivity contribution in [3.05, 3.63) is 53.6 Å². The lowest BCUT2D eigenvalue weighted by molar-refractivity contribution is -0.123. The lowest BCUT2D eigenvalue weighted by Crippen LogP contribution is -2.39. The van der Waals surface area contributed by atoms with Crippen molar-refractivity contribution in [3.63, 3.8) is 0 Å². The van der Waals surface area contributed by atoms with E-state index in [2.05, 4.69) is 50.3 Å². The van der Waals surface area contributed by atoms with Crippen LogP contribution in [0.3, 0.4) is 0 Å². The molecule has 3 rings (SSSR count). The summed E-state index contributed by atoms with van der Waals surface area (Å²) in [5, 5.41) is 0. The highest BCUT2D eigenvalue weighted by Crippen LogP contribution is 2.46. The third kappa shape index (κ3) is 1.74. The molecule has 1 heteroatoms. The molecule has 1 aromatic rings. The first-order valence-corrected chi connectivity index (χ1v) is 6.52. The van der Waals surface area contributed by atoms with Gasteiger partial charge in [-0.3, -0.25) is 4.79 Å². The van der Waals surface area contributed by atoms with Crippen molar-refractivity contribution in [1.29, 1.82) is 0 Å². The van der Waals surface area contributed by atoms with Crippen molar-refractivity contribution in [2.45, 2.75) is 26.7 Å². The van der Waals surface area contributed by atoms with E-state index in [-0.39, 0.29) is 16.6 Å². The van der Waals surface area contributed by atoms with Crippen LogP contribution < -0.4 is 0 Å². The van der Waals surface area contributed by atoms with E-state index in [4.69, 9.17) is 0 Å². The van der Waals surface area contributed by atoms with Gasteiger partial charge in [-0.1, -0.05) is 56.3 Å². The zero-order chi connectivity index (χ0) is 12.8. The predicted octanol–water partition coefficient (Wildman–Crippen LogP) is 3.80. The summed E-state index contributed by atoms with van der Waals surface area (Å²) in [7, 11) is 0. The third-order valence-electron chi connectivity index (χ3n) is 4.09. The van der Waals surface area contributed by atoms with Gasteiger partial charge in [-0.05, 0) is 35.5 Å². The van der Waals surface area contributed by atoms with Gasteiger partial charge in [0.2, 0.25) is 0 Å². The Balaban J connectivity index is 2.05. The first-order chi connectivity index (χ1) is 8.51. The lowest BCUT2D eigenvalue weighted by atomic mass is 9.62. The molecule has 2 aliphatic rings. The maximum absolute atomic E-state index is 12.3. The summed E-state index contributed by atoms with van der Waals surface area (Å²) in [6, 6.07) is 8.36. The topological polar surface area (TPSA) is 17.1 Å². The van der Waals surface area contributed by atoms with Crippen molar-refractivity contribution in [2.75, 3.05) is 0 Å². The molecule has 0 bridgehead atoms. The highest BCUT2D eigenvalue weighted by molar-refractivity contribution is 5.98. The predicted molar refractivity (Wildman–Crippen MR) is 74.2 cm³/mol. The standard InChI is InChI=1S/C17H18O/c1-16(2)9-8-15(18)17(12-16)10-7-13-5-3-4-6-14(13)11-17/h3-10H,11-12H2,1-2H3/t17-/m1/s1. The largest absolute Gasteiger partial charge is 0.294 e. The molecular weight excluding hydrogens is 220 g/mol. The Bertz CT molecular complexity index is 563. The van der Waals surface area contributed by atoms with E-state index in [0.717, 1.165) is 12.8 Å². The molecular formula is C17H18O. The molecule has 0 aliphatic heterocycles. The van der Waals surface area contributed by atoms with E-state index >= 15 is 0 Å². The van der Waals surface area contributed by atoms with Gasteiger partial charge in [-0.25, -0.2) is 0 Å². The first kappa shape index (κ1) is 11.5. The van der Waals surface area contributed by atoms with Gasteiger partial charge in [-0.2, -0.15) is 0 Å². The minimum absolute atomic E-state index is 0.102. The second kappa shape index (κ2) is 3.68. The van der Waals surface area contributed by atoms with Gasteiger partial charge < -0.3 is 0 Å². The third-order valence-corrected chi connectivity index (χ3v) is 4.09. The summed E-state index contributed by atoms with van der Waals surface area (Å²) in [5.74, 6) is 0.257. The fraction of sp³-hybridized carbons (Fsp3) is 0.353. The van der Waals surface area contributed by atoms with Crippen molar-refractivity contribution in [1.82, 2.24) is 0 Å². The van der Waals surface area contributed by atoms with Crippen LogP contribution in [-0.2, 0) is 11.2 Å². The fourth-order valence-corrected chi connectivity index (χ4v) is 3.22. The molecule has 1 spiro atoms. The normalized spacial score (nSPS) is 28.4. The van der Waals surface area contributed by atoms with Gasteiger partial charge in [0.05, 0.1) is 5.41 Å². The van der Waals surface area contributed by atoms with Crippen LogP contribution in [0.15, 0.2) is 42.5 Å². The van der Waals surface area contributed by atoms with Crippen molar-refractivity contribution in [2.24, 2.45) is 10.8 Å². The molecule has 1 aromatic carbocycles. The van der Waals surface area contributed by atoms with Crippen LogP contribution in [0.5, 0.6) is 0 Å². The van der Waals surface area contributed by atoms with Crippen molar-refractivity contribution >= 4 is 11.9 Å². The van der Waals surface area contributed by atoms with Crippen LogP contribution in [0.2, 0.25) is 0 Å². The van der Waals surface area contributed by atoms with E-state index in [9.17, 15) is 4.79 Å². The molecule has 0 saturated carbocycles. The van der Waals surface area contributed by atoms with Crippen LogP contribution in [0.4, 0.5) is 0 Å². The molecule has 0 unspecified atom stereocenters. The van der Waals surface area contributed by atoms with Crippen LogP contribution in [0, 0.1) is 10.8 Å². The zero-order valence-corrected chi connectivity index (χ0v) is 10.9. The number of fused-ring (bicyclic) bond motifs is 1. The molecule has 0 saturated heterocycles. The Morgan fingerprint density at radius 2 is 1.83 bits per heavy atom. The minimum atomic E-state index is -0.313. The SMILES string of the molecule is CC1(C)C=CC(=O)[C@@]2(C=Cc3ccccc3C2)C1. The number of hydrogen-bond acceptors (Lipinski definition) is 1. The summed E-state index contributed by atoms with van der Waals surface area (Å²) < 4.78 is 0. The average Bonchev–Trinajstić information content (AvgIpc) is 2.34. The second-order valence-corrected chi connectivity index (χ2v) is 6.23. The Morgan fingerprint density at radius 3 is 2.67 bits per heavy atom. The highest BCUT2D eigenvalue weighted by Gasteiger charge is 2.43. The van der Waals surface area contributed by atoms with Gasteiger partial charge in [0, 0.05) is 0 Å². The summed E-state index contributed by atoms with van der Waals surface area (Å²) in [6.07, 6.45) is 9.82. The van der Waals surface area contributed by atoms with E-state index in [1.165, 1.54) is 11.1 Å². The van der Waals surface area contributed by atoms with Gasteiger partial charge >= 0.3 is 0 Å². The molecule has 18 heavy (non-hydrogen) atoms. The quantitative estimate of drug-likeness (QED) is 0.672. The number of allylic oxidation sites excluding steroid dienone is 3. The number of carbonyl (C=O) groups excluding carboxylic acids is 1. The summed E-state index contributed by atoms with van der Waals surface area (Å²) in [5.41, 5.74) is 2.33. The Hall–Kier alpha value is -1.63. The number of carbonyl (C=O) groups is 1. The summed E-state index contributed by atoms with van der Waals surface area (Å²) in [6.45, 7) is 4.40.